The van der Waals surface area contributed by atoms with Crippen LogP contribution in [0.5, 0.6) is 0 Å². The molecule has 2 aromatic rings. The van der Waals surface area contributed by atoms with Crippen molar-refractivity contribution in [2.45, 2.75) is 13.1 Å². The van der Waals surface area contributed by atoms with Crippen molar-refractivity contribution in [3.63, 3.8) is 0 Å². The molecule has 0 atom stereocenters. The molecule has 1 heterocycles. The first-order chi connectivity index (χ1) is 8.41. The summed E-state index contributed by atoms with van der Waals surface area (Å²) in [6.45, 7) is 1.85. The topological polar surface area (TPSA) is 28.7 Å². The second-order valence-corrected chi connectivity index (χ2v) is 3.93. The zero-order valence-corrected chi connectivity index (χ0v) is 9.49. The van der Waals surface area contributed by atoms with Gasteiger partial charge in [0.25, 0.3) is 0 Å². The fraction of sp³-hybridized carbons (Fsp3) is 0.154. The predicted octanol–water partition coefficient (Wildman–Crippen LogP) is 3.68. The SMILES string of the molecule is Cc1ccc(-n2cc(C#N)cc2C(F)(F)F)cc1. The Labute approximate surface area is 102 Å². The largest absolute Gasteiger partial charge is 0.431 e. The van der Waals surface area contributed by atoms with E-state index in [4.69, 9.17) is 5.26 Å². The van der Waals surface area contributed by atoms with Crippen molar-refractivity contribution in [2.75, 3.05) is 0 Å². The lowest BCUT2D eigenvalue weighted by Crippen LogP contribution is -2.11. The summed E-state index contributed by atoms with van der Waals surface area (Å²) in [5, 5.41) is 8.70. The molecule has 0 unspecified atom stereocenters. The van der Waals surface area contributed by atoms with Gasteiger partial charge in [-0.1, -0.05) is 17.7 Å². The molecule has 92 valence electrons. The van der Waals surface area contributed by atoms with Crippen LogP contribution in [0.3, 0.4) is 0 Å². The van der Waals surface area contributed by atoms with E-state index in [1.807, 2.05) is 6.92 Å². The first-order valence-electron chi connectivity index (χ1n) is 5.18. The van der Waals surface area contributed by atoms with Gasteiger partial charge in [0.1, 0.15) is 11.8 Å². The molecule has 2 nitrogen and oxygen atoms in total. The maximum atomic E-state index is 12.8. The Hall–Kier alpha value is -2.22. The highest BCUT2D eigenvalue weighted by Crippen LogP contribution is 2.32. The summed E-state index contributed by atoms with van der Waals surface area (Å²) in [4.78, 5) is 0. The van der Waals surface area contributed by atoms with E-state index in [2.05, 4.69) is 0 Å². The van der Waals surface area contributed by atoms with E-state index in [1.165, 1.54) is 6.20 Å². The fourth-order valence-corrected chi connectivity index (χ4v) is 1.66. The molecule has 5 heteroatoms. The minimum absolute atomic E-state index is 0.0112. The Morgan fingerprint density at radius 2 is 1.78 bits per heavy atom. The van der Waals surface area contributed by atoms with Gasteiger partial charge in [0.15, 0.2) is 0 Å². The number of rotatable bonds is 1. The summed E-state index contributed by atoms with van der Waals surface area (Å²) in [5.74, 6) is 0. The number of nitrogens with zero attached hydrogens (tertiary/aromatic N) is 2. The number of nitriles is 1. The van der Waals surface area contributed by atoms with Crippen LogP contribution in [0, 0.1) is 18.3 Å². The zero-order valence-electron chi connectivity index (χ0n) is 9.49. The van der Waals surface area contributed by atoms with Crippen LogP contribution in [0.15, 0.2) is 36.5 Å². The third-order valence-electron chi connectivity index (χ3n) is 2.55. The third kappa shape index (κ3) is 2.23. The van der Waals surface area contributed by atoms with Crippen LogP contribution in [-0.2, 0) is 6.18 Å². The summed E-state index contributed by atoms with van der Waals surface area (Å²) in [7, 11) is 0. The number of hydrogen-bond acceptors (Lipinski definition) is 1. The average molecular weight is 250 g/mol. The Bertz CT molecular complexity index is 601. The van der Waals surface area contributed by atoms with Gasteiger partial charge >= 0.3 is 6.18 Å². The molecular weight excluding hydrogens is 241 g/mol. The van der Waals surface area contributed by atoms with E-state index >= 15 is 0 Å². The summed E-state index contributed by atoms with van der Waals surface area (Å²) >= 11 is 0. The van der Waals surface area contributed by atoms with Gasteiger partial charge in [-0.05, 0) is 25.1 Å². The van der Waals surface area contributed by atoms with E-state index in [-0.39, 0.29) is 5.56 Å². The summed E-state index contributed by atoms with van der Waals surface area (Å²) < 4.78 is 39.5. The highest BCUT2D eigenvalue weighted by molar-refractivity contribution is 5.42. The van der Waals surface area contributed by atoms with Crippen LogP contribution >= 0.6 is 0 Å². The summed E-state index contributed by atoms with van der Waals surface area (Å²) in [6, 6.07) is 9.19. The molecule has 0 bridgehead atoms. The molecule has 2 rings (SSSR count). The van der Waals surface area contributed by atoms with Gasteiger partial charge in [-0.3, -0.25) is 0 Å². The molecule has 0 saturated carbocycles. The van der Waals surface area contributed by atoms with Crippen LogP contribution in [0.2, 0.25) is 0 Å². The highest BCUT2D eigenvalue weighted by atomic mass is 19.4. The van der Waals surface area contributed by atoms with Crippen molar-refractivity contribution in [3.05, 3.63) is 53.3 Å². The molecule has 1 aromatic carbocycles. The first-order valence-corrected chi connectivity index (χ1v) is 5.18. The van der Waals surface area contributed by atoms with Crippen LogP contribution < -0.4 is 0 Å². The van der Waals surface area contributed by atoms with E-state index in [9.17, 15) is 13.2 Å². The van der Waals surface area contributed by atoms with Gasteiger partial charge in [-0.15, -0.1) is 0 Å². The van der Waals surface area contributed by atoms with Crippen molar-refractivity contribution >= 4 is 0 Å². The van der Waals surface area contributed by atoms with Gasteiger partial charge in [0, 0.05) is 11.9 Å². The molecule has 0 N–H and O–H groups in total. The Kier molecular flexibility index (Phi) is 2.87. The van der Waals surface area contributed by atoms with Gasteiger partial charge < -0.3 is 4.57 Å². The van der Waals surface area contributed by atoms with Gasteiger partial charge in [0.05, 0.1) is 5.56 Å². The van der Waals surface area contributed by atoms with E-state index < -0.39 is 11.9 Å². The normalized spacial score (nSPS) is 11.3. The smallest absolute Gasteiger partial charge is 0.311 e. The minimum atomic E-state index is -4.49. The first kappa shape index (κ1) is 12.2. The molecular formula is C13H9F3N2. The fourth-order valence-electron chi connectivity index (χ4n) is 1.66. The highest BCUT2D eigenvalue weighted by Gasteiger charge is 2.35. The molecule has 0 spiro atoms. The number of alkyl halides is 3. The Morgan fingerprint density at radius 3 is 2.28 bits per heavy atom. The average Bonchev–Trinajstić information content (AvgIpc) is 2.74. The maximum absolute atomic E-state index is 12.8. The van der Waals surface area contributed by atoms with Gasteiger partial charge in [-0.25, -0.2) is 0 Å². The lowest BCUT2D eigenvalue weighted by molar-refractivity contribution is -0.142. The molecule has 18 heavy (non-hydrogen) atoms. The van der Waals surface area contributed by atoms with Gasteiger partial charge in [0.2, 0.25) is 0 Å². The van der Waals surface area contributed by atoms with Crippen molar-refractivity contribution in [3.8, 4) is 11.8 Å². The molecule has 0 fully saturated rings. The predicted molar refractivity (Wildman–Crippen MR) is 60.2 cm³/mol. The van der Waals surface area contributed by atoms with Crippen LogP contribution in [0.4, 0.5) is 13.2 Å². The van der Waals surface area contributed by atoms with E-state index in [0.29, 0.717) is 5.69 Å². The molecule has 0 amide bonds. The van der Waals surface area contributed by atoms with Crippen molar-refractivity contribution in [1.82, 2.24) is 4.57 Å². The number of aryl methyl sites for hydroxylation is 1. The summed E-state index contributed by atoms with van der Waals surface area (Å²) in [5.41, 5.74) is 0.486. The van der Waals surface area contributed by atoms with Crippen molar-refractivity contribution < 1.29 is 13.2 Å². The molecule has 0 radical (unpaired) electrons. The Balaban J connectivity index is 2.60. The van der Waals surface area contributed by atoms with Crippen LogP contribution in [0.25, 0.3) is 5.69 Å². The van der Waals surface area contributed by atoms with Crippen molar-refractivity contribution in [1.29, 1.82) is 5.26 Å². The second kappa shape index (κ2) is 4.22. The molecule has 0 aliphatic carbocycles. The van der Waals surface area contributed by atoms with Crippen LogP contribution in [-0.4, -0.2) is 4.57 Å². The molecule has 0 aliphatic heterocycles. The number of halogens is 3. The zero-order chi connectivity index (χ0) is 13.3. The van der Waals surface area contributed by atoms with Crippen LogP contribution in [0.1, 0.15) is 16.8 Å². The Morgan fingerprint density at radius 1 is 1.17 bits per heavy atom. The molecule has 0 aliphatic rings. The number of benzene rings is 1. The monoisotopic (exact) mass is 250 g/mol. The maximum Gasteiger partial charge on any atom is 0.431 e. The van der Waals surface area contributed by atoms with Gasteiger partial charge in [-0.2, -0.15) is 18.4 Å². The lowest BCUT2D eigenvalue weighted by atomic mass is 10.2. The second-order valence-electron chi connectivity index (χ2n) is 3.93. The standard InChI is InChI=1S/C13H9F3N2/c1-9-2-4-11(5-3-9)18-8-10(7-17)6-12(18)13(14,15)16/h2-6,8H,1H3. The lowest BCUT2D eigenvalue weighted by Gasteiger charge is -2.11. The summed E-state index contributed by atoms with van der Waals surface area (Å²) in [6.07, 6.45) is -3.30. The number of hydrogen-bond donors (Lipinski definition) is 0. The van der Waals surface area contributed by atoms with E-state index in [0.717, 1.165) is 16.2 Å². The van der Waals surface area contributed by atoms with E-state index in [1.54, 1.807) is 30.3 Å². The minimum Gasteiger partial charge on any atom is -0.311 e. The molecule has 1 aromatic heterocycles. The quantitative estimate of drug-likeness (QED) is 0.759. The molecule has 0 saturated heterocycles. The third-order valence-corrected chi connectivity index (χ3v) is 2.55. The number of aromatic nitrogens is 1. The van der Waals surface area contributed by atoms with Crippen molar-refractivity contribution in [2.24, 2.45) is 0 Å².